The van der Waals surface area contributed by atoms with Crippen LogP contribution in [0, 0.1) is 20.8 Å². The molecule has 2 aliphatic rings. The van der Waals surface area contributed by atoms with Crippen molar-refractivity contribution in [1.82, 2.24) is 10.1 Å². The number of carbonyl (C=O) groups excluding carboxylic acids is 1. The van der Waals surface area contributed by atoms with Gasteiger partial charge in [0.1, 0.15) is 5.75 Å². The van der Waals surface area contributed by atoms with E-state index in [-0.39, 0.29) is 24.0 Å². The van der Waals surface area contributed by atoms with Gasteiger partial charge >= 0.3 is 0 Å². The van der Waals surface area contributed by atoms with Crippen molar-refractivity contribution in [3.8, 4) is 5.75 Å². The Labute approximate surface area is 191 Å². The molecule has 0 atom stereocenters. The van der Waals surface area contributed by atoms with E-state index < -0.39 is 10.0 Å². The van der Waals surface area contributed by atoms with Gasteiger partial charge in [-0.25, -0.2) is 8.42 Å². The standard InChI is InChI=1S/C23H24N4O5S/c1-13-4-5-14(2)17(8-13)26-33(29,30)20-10-19-18(9-15(20)3)27(22(28)12-31-19)11-21-24-23(32-25-21)16-6-7-16/h4-5,8-10,16,26H,6-7,11-12H2,1-3H3. The predicted molar refractivity (Wildman–Crippen MR) is 121 cm³/mol. The number of benzene rings is 2. The van der Waals surface area contributed by atoms with E-state index in [2.05, 4.69) is 14.9 Å². The van der Waals surface area contributed by atoms with E-state index in [1.807, 2.05) is 26.0 Å². The van der Waals surface area contributed by atoms with Crippen LogP contribution < -0.4 is 14.4 Å². The van der Waals surface area contributed by atoms with Gasteiger partial charge in [-0.05, 0) is 62.4 Å². The number of nitrogens with zero attached hydrogens (tertiary/aromatic N) is 3. The number of fused-ring (bicyclic) bond motifs is 1. The van der Waals surface area contributed by atoms with Crippen molar-refractivity contribution in [3.05, 3.63) is 58.7 Å². The second-order valence-corrected chi connectivity index (χ2v) is 10.3. The largest absolute Gasteiger partial charge is 0.482 e. The van der Waals surface area contributed by atoms with Crippen LogP contribution in [0.25, 0.3) is 0 Å². The second kappa shape index (κ2) is 7.87. The van der Waals surface area contributed by atoms with Crippen LogP contribution >= 0.6 is 0 Å². The maximum absolute atomic E-state index is 13.2. The van der Waals surface area contributed by atoms with Crippen molar-refractivity contribution >= 4 is 27.3 Å². The fourth-order valence-electron chi connectivity index (χ4n) is 3.81. The molecule has 0 spiro atoms. The highest BCUT2D eigenvalue weighted by atomic mass is 32.2. The normalized spacial score (nSPS) is 15.8. The Balaban J connectivity index is 1.46. The summed E-state index contributed by atoms with van der Waals surface area (Å²) in [5.41, 5.74) is 3.25. The van der Waals surface area contributed by atoms with Crippen LogP contribution in [0.5, 0.6) is 5.75 Å². The Morgan fingerprint density at radius 2 is 1.91 bits per heavy atom. The van der Waals surface area contributed by atoms with E-state index in [1.165, 1.54) is 11.0 Å². The molecule has 3 aromatic rings. The molecule has 1 aliphatic carbocycles. The number of aromatic nitrogens is 2. The highest BCUT2D eigenvalue weighted by Crippen LogP contribution is 2.40. The van der Waals surface area contributed by atoms with E-state index in [0.29, 0.717) is 40.3 Å². The first-order chi connectivity index (χ1) is 15.7. The molecular formula is C23H24N4O5S. The van der Waals surface area contributed by atoms with Gasteiger partial charge in [-0.1, -0.05) is 17.3 Å². The molecule has 0 radical (unpaired) electrons. The van der Waals surface area contributed by atoms with E-state index in [4.69, 9.17) is 9.26 Å². The fourth-order valence-corrected chi connectivity index (χ4v) is 5.17. The minimum absolute atomic E-state index is 0.0898. The average molecular weight is 469 g/mol. The number of hydrogen-bond donors (Lipinski definition) is 1. The summed E-state index contributed by atoms with van der Waals surface area (Å²) in [6, 6.07) is 8.69. The van der Waals surface area contributed by atoms with Crippen LogP contribution in [0.2, 0.25) is 0 Å². The minimum Gasteiger partial charge on any atom is -0.482 e. The zero-order chi connectivity index (χ0) is 23.3. The monoisotopic (exact) mass is 468 g/mol. The SMILES string of the molecule is Cc1ccc(C)c(NS(=O)(=O)c2cc3c(cc2C)N(Cc2noc(C4CC4)n2)C(=O)CO3)c1. The van der Waals surface area contributed by atoms with E-state index >= 15 is 0 Å². The summed E-state index contributed by atoms with van der Waals surface area (Å²) in [6.45, 7) is 5.36. The molecule has 1 saturated carbocycles. The van der Waals surface area contributed by atoms with Crippen LogP contribution in [-0.4, -0.2) is 31.1 Å². The summed E-state index contributed by atoms with van der Waals surface area (Å²) >= 11 is 0. The topological polar surface area (TPSA) is 115 Å². The zero-order valence-electron chi connectivity index (χ0n) is 18.6. The summed E-state index contributed by atoms with van der Waals surface area (Å²) in [6.07, 6.45) is 2.07. The first-order valence-corrected chi connectivity index (χ1v) is 12.2. The first-order valence-electron chi connectivity index (χ1n) is 10.7. The second-order valence-electron chi connectivity index (χ2n) is 8.60. The molecule has 10 heteroatoms. The van der Waals surface area contributed by atoms with Crippen molar-refractivity contribution in [2.75, 3.05) is 16.2 Å². The molecule has 1 aliphatic heterocycles. The highest BCUT2D eigenvalue weighted by molar-refractivity contribution is 7.92. The van der Waals surface area contributed by atoms with E-state index in [1.54, 1.807) is 19.1 Å². The third kappa shape index (κ3) is 4.18. The molecule has 9 nitrogen and oxygen atoms in total. The molecule has 5 rings (SSSR count). The lowest BCUT2D eigenvalue weighted by molar-refractivity contribution is -0.121. The maximum Gasteiger partial charge on any atom is 0.265 e. The molecule has 0 bridgehead atoms. The number of carbonyl (C=O) groups is 1. The molecule has 2 heterocycles. The molecule has 0 saturated heterocycles. The van der Waals surface area contributed by atoms with Crippen molar-refractivity contribution in [1.29, 1.82) is 0 Å². The summed E-state index contributed by atoms with van der Waals surface area (Å²) < 4.78 is 40.0. The van der Waals surface area contributed by atoms with Crippen LogP contribution in [-0.2, 0) is 21.4 Å². The van der Waals surface area contributed by atoms with Gasteiger partial charge < -0.3 is 9.26 Å². The number of amides is 1. The molecule has 33 heavy (non-hydrogen) atoms. The fraction of sp³-hybridized carbons (Fsp3) is 0.348. The number of sulfonamides is 1. The van der Waals surface area contributed by atoms with Gasteiger partial charge in [0, 0.05) is 12.0 Å². The van der Waals surface area contributed by atoms with Crippen LogP contribution in [0.15, 0.2) is 39.8 Å². The summed E-state index contributed by atoms with van der Waals surface area (Å²) in [5, 5.41) is 3.99. The minimum atomic E-state index is -3.88. The molecular weight excluding hydrogens is 444 g/mol. The van der Waals surface area contributed by atoms with Crippen molar-refractivity contribution < 1.29 is 22.5 Å². The average Bonchev–Trinajstić information content (AvgIpc) is 3.51. The number of ether oxygens (including phenoxy) is 1. The van der Waals surface area contributed by atoms with Gasteiger partial charge in [0.25, 0.3) is 15.9 Å². The van der Waals surface area contributed by atoms with Crippen molar-refractivity contribution in [2.24, 2.45) is 0 Å². The zero-order valence-corrected chi connectivity index (χ0v) is 19.4. The first kappa shape index (κ1) is 21.4. The summed E-state index contributed by atoms with van der Waals surface area (Å²) in [7, 11) is -3.88. The van der Waals surface area contributed by atoms with Crippen molar-refractivity contribution in [3.63, 3.8) is 0 Å². The van der Waals surface area contributed by atoms with Gasteiger partial charge in [0.15, 0.2) is 12.4 Å². The number of aryl methyl sites for hydroxylation is 3. The molecule has 1 N–H and O–H groups in total. The van der Waals surface area contributed by atoms with E-state index in [9.17, 15) is 13.2 Å². The molecule has 0 unspecified atom stereocenters. The van der Waals surface area contributed by atoms with Gasteiger partial charge in [-0.3, -0.25) is 14.4 Å². The Kier molecular flexibility index (Phi) is 5.12. The lowest BCUT2D eigenvalue weighted by atomic mass is 10.1. The predicted octanol–water partition coefficient (Wildman–Crippen LogP) is 3.60. The third-order valence-corrected chi connectivity index (χ3v) is 7.34. The molecule has 1 amide bonds. The lowest BCUT2D eigenvalue weighted by Gasteiger charge is -2.29. The molecule has 1 fully saturated rings. The molecule has 2 aromatic carbocycles. The van der Waals surface area contributed by atoms with E-state index in [0.717, 1.165) is 24.0 Å². The maximum atomic E-state index is 13.2. The molecule has 172 valence electrons. The van der Waals surface area contributed by atoms with Crippen LogP contribution in [0.4, 0.5) is 11.4 Å². The molecule has 1 aromatic heterocycles. The third-order valence-electron chi connectivity index (χ3n) is 5.84. The number of hydrogen-bond acceptors (Lipinski definition) is 7. The van der Waals surface area contributed by atoms with Gasteiger partial charge in [-0.15, -0.1) is 0 Å². The van der Waals surface area contributed by atoms with Crippen LogP contribution in [0.3, 0.4) is 0 Å². The quantitative estimate of drug-likeness (QED) is 0.588. The Morgan fingerprint density at radius 1 is 1.12 bits per heavy atom. The Bertz CT molecular complexity index is 1360. The Morgan fingerprint density at radius 3 is 2.67 bits per heavy atom. The van der Waals surface area contributed by atoms with Gasteiger partial charge in [-0.2, -0.15) is 4.98 Å². The summed E-state index contributed by atoms with van der Waals surface area (Å²) in [5.74, 6) is 1.37. The lowest BCUT2D eigenvalue weighted by Crippen LogP contribution is -2.38. The highest BCUT2D eigenvalue weighted by Gasteiger charge is 2.33. The van der Waals surface area contributed by atoms with Crippen LogP contribution in [0.1, 0.15) is 47.2 Å². The number of nitrogens with one attached hydrogen (secondary N) is 1. The summed E-state index contributed by atoms with van der Waals surface area (Å²) in [4.78, 5) is 18.6. The van der Waals surface area contributed by atoms with Gasteiger partial charge in [0.2, 0.25) is 5.89 Å². The number of rotatable bonds is 6. The van der Waals surface area contributed by atoms with Crippen molar-refractivity contribution in [2.45, 2.75) is 51.0 Å². The smallest absolute Gasteiger partial charge is 0.265 e. The number of anilines is 2. The Hall–Kier alpha value is -3.40. The van der Waals surface area contributed by atoms with Gasteiger partial charge in [0.05, 0.1) is 22.8 Å².